The first-order valence-corrected chi connectivity index (χ1v) is 10.5. The molecule has 0 saturated heterocycles. The summed E-state index contributed by atoms with van der Waals surface area (Å²) >= 11 is 3.34. The number of sulfonamides is 1. The maximum Gasteiger partial charge on any atom is 0.247 e. The average molecular weight is 447 g/mol. The van der Waals surface area contributed by atoms with E-state index in [0.717, 1.165) is 5.56 Å². The molecule has 0 bridgehead atoms. The molecule has 1 aromatic heterocycles. The first-order chi connectivity index (χ1) is 12.9. The zero-order valence-electron chi connectivity index (χ0n) is 14.9. The fourth-order valence-electron chi connectivity index (χ4n) is 2.89. The predicted octanol–water partition coefficient (Wildman–Crippen LogP) is 4.26. The van der Waals surface area contributed by atoms with Gasteiger partial charge in [0.25, 0.3) is 0 Å². The van der Waals surface area contributed by atoms with Crippen LogP contribution in [0.25, 0.3) is 0 Å². The Morgan fingerprint density at radius 3 is 2.37 bits per heavy atom. The van der Waals surface area contributed by atoms with E-state index >= 15 is 0 Å². The minimum Gasteiger partial charge on any atom is -0.495 e. The van der Waals surface area contributed by atoms with Gasteiger partial charge in [0, 0.05) is 17.7 Å². The number of rotatable bonds is 6. The van der Waals surface area contributed by atoms with Crippen LogP contribution in [0.15, 0.2) is 82.3 Å². The summed E-state index contributed by atoms with van der Waals surface area (Å²) in [6.45, 7) is 0. The van der Waals surface area contributed by atoms with Crippen LogP contribution in [0.3, 0.4) is 0 Å². The lowest BCUT2D eigenvalue weighted by molar-refractivity contribution is 0.388. The second kappa shape index (κ2) is 8.21. The largest absolute Gasteiger partial charge is 0.495 e. The van der Waals surface area contributed by atoms with Gasteiger partial charge in [0.1, 0.15) is 10.6 Å². The Kier molecular flexibility index (Phi) is 5.94. The summed E-state index contributed by atoms with van der Waals surface area (Å²) in [6, 6.07) is 19.3. The molecule has 2 aromatic carbocycles. The van der Waals surface area contributed by atoms with Gasteiger partial charge in [-0.3, -0.25) is 4.98 Å². The Labute approximate surface area is 167 Å². The highest BCUT2D eigenvalue weighted by Gasteiger charge is 2.33. The molecule has 0 aliphatic heterocycles. The summed E-state index contributed by atoms with van der Waals surface area (Å²) < 4.78 is 34.2. The molecule has 0 aliphatic carbocycles. The SMILES string of the molecule is COc1ccc(Br)cc1S(=O)(=O)N(C)C(c1ccccc1)c1ccccn1. The molecule has 0 radical (unpaired) electrons. The van der Waals surface area contributed by atoms with E-state index in [-0.39, 0.29) is 10.6 Å². The van der Waals surface area contributed by atoms with Gasteiger partial charge >= 0.3 is 0 Å². The van der Waals surface area contributed by atoms with Crippen LogP contribution >= 0.6 is 15.9 Å². The van der Waals surface area contributed by atoms with E-state index < -0.39 is 16.1 Å². The van der Waals surface area contributed by atoms with Crippen LogP contribution in [0.5, 0.6) is 5.75 Å². The number of hydrogen-bond donors (Lipinski definition) is 0. The molecule has 5 nitrogen and oxygen atoms in total. The fourth-order valence-corrected chi connectivity index (χ4v) is 4.90. The van der Waals surface area contributed by atoms with Crippen LogP contribution in [0.1, 0.15) is 17.3 Å². The second-order valence-corrected chi connectivity index (χ2v) is 8.77. The van der Waals surface area contributed by atoms with Gasteiger partial charge in [0.05, 0.1) is 18.8 Å². The molecule has 27 heavy (non-hydrogen) atoms. The van der Waals surface area contributed by atoms with E-state index in [2.05, 4.69) is 20.9 Å². The van der Waals surface area contributed by atoms with Gasteiger partial charge in [-0.2, -0.15) is 4.31 Å². The van der Waals surface area contributed by atoms with Crippen LogP contribution < -0.4 is 4.74 Å². The monoisotopic (exact) mass is 446 g/mol. The quantitative estimate of drug-likeness (QED) is 0.567. The molecule has 0 amide bonds. The normalized spacial score (nSPS) is 12.7. The summed E-state index contributed by atoms with van der Waals surface area (Å²) in [7, 11) is -0.850. The van der Waals surface area contributed by atoms with E-state index in [1.54, 1.807) is 37.5 Å². The van der Waals surface area contributed by atoms with Crippen molar-refractivity contribution in [1.82, 2.24) is 9.29 Å². The van der Waals surface area contributed by atoms with E-state index in [1.807, 2.05) is 42.5 Å². The van der Waals surface area contributed by atoms with Gasteiger partial charge in [-0.25, -0.2) is 8.42 Å². The number of aromatic nitrogens is 1. The minimum absolute atomic E-state index is 0.0961. The lowest BCUT2D eigenvalue weighted by atomic mass is 10.0. The number of pyridine rings is 1. The van der Waals surface area contributed by atoms with E-state index in [0.29, 0.717) is 10.2 Å². The molecule has 0 spiro atoms. The van der Waals surface area contributed by atoms with Crippen molar-refractivity contribution >= 4 is 26.0 Å². The van der Waals surface area contributed by atoms with Crippen molar-refractivity contribution in [3.63, 3.8) is 0 Å². The molecule has 0 N–H and O–H groups in total. The lowest BCUT2D eigenvalue weighted by Crippen LogP contribution is -2.32. The Bertz CT molecular complexity index is 972. The van der Waals surface area contributed by atoms with Crippen LogP contribution in [0, 0.1) is 0 Å². The van der Waals surface area contributed by atoms with Gasteiger partial charge in [-0.05, 0) is 35.9 Å². The van der Waals surface area contributed by atoms with Crippen LogP contribution in [-0.2, 0) is 10.0 Å². The molecule has 1 heterocycles. The molecular weight excluding hydrogens is 428 g/mol. The van der Waals surface area contributed by atoms with Crippen LogP contribution in [0.4, 0.5) is 0 Å². The van der Waals surface area contributed by atoms with Crippen molar-refractivity contribution in [2.24, 2.45) is 0 Å². The Morgan fingerprint density at radius 1 is 1.04 bits per heavy atom. The molecule has 3 aromatic rings. The van der Waals surface area contributed by atoms with Gasteiger partial charge in [-0.1, -0.05) is 52.3 Å². The zero-order valence-corrected chi connectivity index (χ0v) is 17.3. The van der Waals surface area contributed by atoms with Gasteiger partial charge in [-0.15, -0.1) is 0 Å². The molecule has 1 unspecified atom stereocenters. The molecule has 1 atom stereocenters. The zero-order chi connectivity index (χ0) is 19.4. The van der Waals surface area contributed by atoms with E-state index in [4.69, 9.17) is 4.74 Å². The number of halogens is 1. The third-order valence-corrected chi connectivity index (χ3v) is 6.57. The van der Waals surface area contributed by atoms with Crippen LogP contribution in [-0.4, -0.2) is 31.9 Å². The Morgan fingerprint density at radius 2 is 1.74 bits per heavy atom. The molecule has 0 fully saturated rings. The summed E-state index contributed by atoms with van der Waals surface area (Å²) in [5.41, 5.74) is 1.47. The maximum atomic E-state index is 13.4. The topological polar surface area (TPSA) is 59.5 Å². The smallest absolute Gasteiger partial charge is 0.247 e. The highest BCUT2D eigenvalue weighted by atomic mass is 79.9. The molecule has 0 aliphatic rings. The molecule has 7 heteroatoms. The summed E-state index contributed by atoms with van der Waals surface area (Å²) in [4.78, 5) is 4.49. The van der Waals surface area contributed by atoms with Gasteiger partial charge in [0.15, 0.2) is 0 Å². The number of hydrogen-bond acceptors (Lipinski definition) is 4. The highest BCUT2D eigenvalue weighted by Crippen LogP contribution is 2.35. The van der Waals surface area contributed by atoms with Crippen molar-refractivity contribution in [3.8, 4) is 5.75 Å². The second-order valence-electron chi connectivity index (χ2n) is 5.88. The minimum atomic E-state index is -3.86. The fraction of sp³-hybridized carbons (Fsp3) is 0.150. The third-order valence-electron chi connectivity index (χ3n) is 4.23. The number of methoxy groups -OCH3 is 1. The van der Waals surface area contributed by atoms with Crippen molar-refractivity contribution in [2.75, 3.05) is 14.2 Å². The highest BCUT2D eigenvalue weighted by molar-refractivity contribution is 9.10. The number of nitrogens with zero attached hydrogens (tertiary/aromatic N) is 2. The van der Waals surface area contributed by atoms with Gasteiger partial charge in [0.2, 0.25) is 10.0 Å². The summed E-state index contributed by atoms with van der Waals surface area (Å²) in [5.74, 6) is 0.290. The van der Waals surface area contributed by atoms with E-state index in [9.17, 15) is 8.42 Å². The molecular formula is C20H19BrN2O3S. The van der Waals surface area contributed by atoms with Crippen molar-refractivity contribution in [3.05, 3.63) is 88.7 Å². The summed E-state index contributed by atoms with van der Waals surface area (Å²) in [6.07, 6.45) is 1.66. The third kappa shape index (κ3) is 4.05. The Balaban J connectivity index is 2.14. The molecule has 0 saturated carbocycles. The summed E-state index contributed by atoms with van der Waals surface area (Å²) in [5, 5.41) is 0. The lowest BCUT2D eigenvalue weighted by Gasteiger charge is -2.28. The Hall–Kier alpha value is -2.22. The van der Waals surface area contributed by atoms with Crippen molar-refractivity contribution in [1.29, 1.82) is 0 Å². The van der Waals surface area contributed by atoms with Crippen molar-refractivity contribution < 1.29 is 13.2 Å². The van der Waals surface area contributed by atoms with Crippen molar-refractivity contribution in [2.45, 2.75) is 10.9 Å². The van der Waals surface area contributed by atoms with E-state index in [1.165, 1.54) is 11.4 Å². The first kappa shape index (κ1) is 19.5. The average Bonchev–Trinajstić information content (AvgIpc) is 2.69. The molecule has 3 rings (SSSR count). The number of benzene rings is 2. The number of ether oxygens (including phenoxy) is 1. The van der Waals surface area contributed by atoms with Gasteiger partial charge < -0.3 is 4.74 Å². The molecule has 140 valence electrons. The van der Waals surface area contributed by atoms with Crippen LogP contribution in [0.2, 0.25) is 0 Å². The standard InChI is InChI=1S/C20H19BrN2O3S/c1-23(27(24,25)19-14-16(21)11-12-18(19)26-2)20(15-8-4-3-5-9-15)17-10-6-7-13-22-17/h3-14,20H,1-2H3. The first-order valence-electron chi connectivity index (χ1n) is 8.22. The predicted molar refractivity (Wildman–Crippen MR) is 108 cm³/mol. The maximum absolute atomic E-state index is 13.4.